The monoisotopic (exact) mass is 362 g/mol. The van der Waals surface area contributed by atoms with Crippen LogP contribution in [0.3, 0.4) is 0 Å². The molecule has 10 heteroatoms. The Bertz CT molecular complexity index is 557. The van der Waals surface area contributed by atoms with E-state index in [2.05, 4.69) is 0 Å². The van der Waals surface area contributed by atoms with Crippen molar-refractivity contribution in [3.05, 3.63) is 0 Å². The average Bonchev–Trinajstić information content (AvgIpc) is 2.73. The number of ketones is 1. The number of carboxylic acid groups (broad SMARTS) is 2. The molecule has 2 fully saturated rings. The number of Topliss-reactive ketones (excluding diaryl/α,β-unsaturated/α-hetero) is 1. The topological polar surface area (TPSA) is 138 Å². The fraction of sp³-hybridized carbons (Fsp3) is 0.692. The molecule has 2 aliphatic rings. The third kappa shape index (κ3) is 3.48. The van der Waals surface area contributed by atoms with Crippen LogP contribution in [0.1, 0.15) is 19.8 Å². The Balaban J connectivity index is 1.97. The highest BCUT2D eigenvalue weighted by Crippen LogP contribution is 2.52. The predicted octanol–water partition coefficient (Wildman–Crippen LogP) is -0.392. The number of nitrogens with zero attached hydrogens (tertiary/aromatic N) is 1. The van der Waals surface area contributed by atoms with E-state index in [1.165, 1.54) is 16.7 Å². The summed E-state index contributed by atoms with van der Waals surface area (Å²) in [6.45, 7) is 1.66. The van der Waals surface area contributed by atoms with E-state index in [0.29, 0.717) is 5.75 Å². The summed E-state index contributed by atoms with van der Waals surface area (Å²) >= 11 is 2.40. The van der Waals surface area contributed by atoms with Crippen LogP contribution in [0.15, 0.2) is 0 Å². The van der Waals surface area contributed by atoms with Crippen LogP contribution >= 0.6 is 23.5 Å². The lowest BCUT2D eigenvalue weighted by atomic mass is 9.90. The molecular formula is C13H18N2O6S2. The first kappa shape index (κ1) is 18.1. The maximum atomic E-state index is 12.1. The van der Waals surface area contributed by atoms with Crippen molar-refractivity contribution in [2.75, 3.05) is 11.5 Å². The number of hydrogen-bond acceptors (Lipinski definition) is 7. The Kier molecular flexibility index (Phi) is 5.27. The number of carbonyl (C=O) groups excluding carboxylic acids is 2. The SMILES string of the molecule is CC1(CC(=O)CCSCC(=O)O)S[C@@H]2[C@H](N)C(=O)N2[C@H]1C(=O)O. The van der Waals surface area contributed by atoms with E-state index in [4.69, 9.17) is 10.8 Å². The fourth-order valence-corrected chi connectivity index (χ4v) is 5.33. The lowest BCUT2D eigenvalue weighted by Crippen LogP contribution is -2.68. The third-order valence-electron chi connectivity index (χ3n) is 3.90. The zero-order valence-corrected chi connectivity index (χ0v) is 14.1. The number of rotatable bonds is 8. The molecule has 128 valence electrons. The van der Waals surface area contributed by atoms with Crippen molar-refractivity contribution < 1.29 is 29.4 Å². The molecule has 0 saturated carbocycles. The van der Waals surface area contributed by atoms with Crippen molar-refractivity contribution in [1.82, 2.24) is 4.90 Å². The molecule has 2 saturated heterocycles. The summed E-state index contributed by atoms with van der Waals surface area (Å²) in [6, 6.07) is -1.79. The van der Waals surface area contributed by atoms with Gasteiger partial charge in [-0.25, -0.2) is 4.79 Å². The molecule has 2 rings (SSSR count). The van der Waals surface area contributed by atoms with Crippen molar-refractivity contribution >= 4 is 47.2 Å². The van der Waals surface area contributed by atoms with Crippen molar-refractivity contribution in [1.29, 1.82) is 0 Å². The Hall–Kier alpha value is -1.26. The quantitative estimate of drug-likeness (QED) is 0.389. The molecule has 23 heavy (non-hydrogen) atoms. The van der Waals surface area contributed by atoms with E-state index < -0.39 is 40.1 Å². The predicted molar refractivity (Wildman–Crippen MR) is 85.2 cm³/mol. The van der Waals surface area contributed by atoms with Crippen LogP contribution in [-0.2, 0) is 19.2 Å². The number of nitrogens with two attached hydrogens (primary N) is 1. The van der Waals surface area contributed by atoms with Gasteiger partial charge in [0.25, 0.3) is 0 Å². The normalized spacial score (nSPS) is 32.3. The van der Waals surface area contributed by atoms with E-state index in [1.807, 2.05) is 0 Å². The fourth-order valence-electron chi connectivity index (χ4n) is 2.89. The van der Waals surface area contributed by atoms with Gasteiger partial charge in [-0.1, -0.05) is 0 Å². The second-order valence-electron chi connectivity index (χ2n) is 5.74. The largest absolute Gasteiger partial charge is 0.481 e. The molecule has 0 aliphatic carbocycles. The van der Waals surface area contributed by atoms with E-state index >= 15 is 0 Å². The minimum atomic E-state index is -1.14. The second kappa shape index (κ2) is 6.70. The zero-order chi connectivity index (χ0) is 17.4. The lowest BCUT2D eigenvalue weighted by molar-refractivity contribution is -0.159. The molecule has 0 spiro atoms. The number of carboxylic acids is 2. The van der Waals surface area contributed by atoms with Crippen LogP contribution in [0.5, 0.6) is 0 Å². The smallest absolute Gasteiger partial charge is 0.327 e. The minimum Gasteiger partial charge on any atom is -0.481 e. The summed E-state index contributed by atoms with van der Waals surface area (Å²) in [6.07, 6.45) is 0.181. The minimum absolute atomic E-state index is 0.00919. The van der Waals surface area contributed by atoms with Gasteiger partial charge in [-0.15, -0.1) is 23.5 Å². The van der Waals surface area contributed by atoms with Crippen LogP contribution < -0.4 is 5.73 Å². The van der Waals surface area contributed by atoms with Gasteiger partial charge in [0.15, 0.2) is 0 Å². The van der Waals surface area contributed by atoms with Gasteiger partial charge in [0, 0.05) is 18.6 Å². The first-order valence-corrected chi connectivity index (χ1v) is 9.00. The number of hydrogen-bond donors (Lipinski definition) is 3. The number of aliphatic carboxylic acids is 2. The molecule has 0 bridgehead atoms. The third-order valence-corrected chi connectivity index (χ3v) is 6.51. The van der Waals surface area contributed by atoms with Crippen LogP contribution in [0.2, 0.25) is 0 Å². The molecule has 0 aromatic carbocycles. The van der Waals surface area contributed by atoms with Gasteiger partial charge >= 0.3 is 11.9 Å². The van der Waals surface area contributed by atoms with E-state index in [9.17, 15) is 24.3 Å². The van der Waals surface area contributed by atoms with Gasteiger partial charge in [0.05, 0.1) is 10.5 Å². The summed E-state index contributed by atoms with van der Waals surface area (Å²) in [5.41, 5.74) is 5.70. The van der Waals surface area contributed by atoms with Crippen LogP contribution in [0.4, 0.5) is 0 Å². The molecule has 1 unspecified atom stereocenters. The van der Waals surface area contributed by atoms with Gasteiger partial charge in [-0.2, -0.15) is 0 Å². The second-order valence-corrected chi connectivity index (χ2v) is 8.50. The van der Waals surface area contributed by atoms with Crippen LogP contribution in [0.25, 0.3) is 0 Å². The van der Waals surface area contributed by atoms with Gasteiger partial charge in [0.1, 0.15) is 23.2 Å². The molecular weight excluding hydrogens is 344 g/mol. The van der Waals surface area contributed by atoms with E-state index in [1.54, 1.807) is 6.92 Å². The van der Waals surface area contributed by atoms with Gasteiger partial charge < -0.3 is 20.8 Å². The average molecular weight is 362 g/mol. The molecule has 8 nitrogen and oxygen atoms in total. The Morgan fingerprint density at radius 2 is 2.04 bits per heavy atom. The number of amides is 1. The van der Waals surface area contributed by atoms with E-state index in [-0.39, 0.29) is 24.4 Å². The summed E-state index contributed by atoms with van der Waals surface area (Å²) in [5, 5.41) is 17.6. The molecule has 0 aromatic rings. The molecule has 1 amide bonds. The van der Waals surface area contributed by atoms with Crippen molar-refractivity contribution in [3.63, 3.8) is 0 Å². The molecule has 4 atom stereocenters. The van der Waals surface area contributed by atoms with Crippen molar-refractivity contribution in [2.45, 2.75) is 42.0 Å². The molecule has 2 aliphatic heterocycles. The standard InChI is InChI=1S/C13H18N2O6S2/c1-13(4-6(16)2-3-22-5-7(17)18)9(12(20)21)15-10(19)8(14)11(15)23-13/h8-9,11H,2-5,14H2,1H3,(H,17,18)(H,20,21)/t8-,9+,11-,13?/m1/s1. The van der Waals surface area contributed by atoms with Crippen molar-refractivity contribution in [3.8, 4) is 0 Å². The first-order valence-electron chi connectivity index (χ1n) is 6.97. The Morgan fingerprint density at radius 3 is 2.61 bits per heavy atom. The Morgan fingerprint density at radius 1 is 1.39 bits per heavy atom. The van der Waals surface area contributed by atoms with Crippen molar-refractivity contribution in [2.24, 2.45) is 5.73 Å². The molecule has 0 aromatic heterocycles. The summed E-state index contributed by atoms with van der Waals surface area (Å²) < 4.78 is -0.922. The highest BCUT2D eigenvalue weighted by atomic mass is 32.2. The number of fused-ring (bicyclic) bond motifs is 1. The number of β-lactam (4-membered cyclic amide) rings is 1. The highest BCUT2D eigenvalue weighted by molar-refractivity contribution is 8.01. The maximum Gasteiger partial charge on any atom is 0.327 e. The number of thioether (sulfide) groups is 2. The molecule has 2 heterocycles. The summed E-state index contributed by atoms with van der Waals surface area (Å²) in [7, 11) is 0. The summed E-state index contributed by atoms with van der Waals surface area (Å²) in [4.78, 5) is 47.1. The lowest BCUT2D eigenvalue weighted by Gasteiger charge is -2.41. The highest BCUT2D eigenvalue weighted by Gasteiger charge is 2.64. The summed E-state index contributed by atoms with van der Waals surface area (Å²) in [5.74, 6) is -2.33. The molecule has 0 radical (unpaired) electrons. The first-order chi connectivity index (χ1) is 10.7. The van der Waals surface area contributed by atoms with Gasteiger partial charge in [-0.05, 0) is 6.92 Å². The van der Waals surface area contributed by atoms with Crippen LogP contribution in [0, 0.1) is 0 Å². The van der Waals surface area contributed by atoms with Gasteiger partial charge in [0.2, 0.25) is 5.91 Å². The number of carbonyl (C=O) groups is 4. The van der Waals surface area contributed by atoms with Gasteiger partial charge in [-0.3, -0.25) is 14.4 Å². The maximum absolute atomic E-state index is 12.1. The van der Waals surface area contributed by atoms with E-state index in [0.717, 1.165) is 11.8 Å². The molecule has 4 N–H and O–H groups in total. The Labute approximate surface area is 141 Å². The zero-order valence-electron chi connectivity index (χ0n) is 12.4. The van der Waals surface area contributed by atoms with Crippen LogP contribution in [-0.4, -0.2) is 72.5 Å².